The number of hydrogen-bond donors (Lipinski definition) is 0. The number of para-hydroxylation sites is 1. The summed E-state index contributed by atoms with van der Waals surface area (Å²) in [7, 11) is 0. The van der Waals surface area contributed by atoms with Crippen LogP contribution in [0.2, 0.25) is 0 Å². The Morgan fingerprint density at radius 2 is 1.81 bits per heavy atom. The Kier molecular flexibility index (Phi) is 6.40. The van der Waals surface area contributed by atoms with Crippen molar-refractivity contribution in [2.24, 2.45) is 0 Å². The third-order valence-electron chi connectivity index (χ3n) is 4.69. The van der Waals surface area contributed by atoms with E-state index in [0.717, 1.165) is 24.6 Å². The largest absolute Gasteiger partial charge is 0.481 e. The van der Waals surface area contributed by atoms with Gasteiger partial charge >= 0.3 is 0 Å². The van der Waals surface area contributed by atoms with Gasteiger partial charge in [-0.1, -0.05) is 24.3 Å². The molecule has 2 aromatic carbocycles. The number of rotatable bonds is 5. The first-order valence-electron chi connectivity index (χ1n) is 9.19. The van der Waals surface area contributed by atoms with Crippen molar-refractivity contribution < 1.29 is 18.3 Å². The van der Waals surface area contributed by atoms with Crippen molar-refractivity contribution in [2.75, 3.05) is 26.2 Å². The number of nitrogens with zero attached hydrogens (tertiary/aromatic N) is 2. The van der Waals surface area contributed by atoms with Crippen LogP contribution in [0.15, 0.2) is 48.5 Å². The molecule has 1 unspecified atom stereocenters. The lowest BCUT2D eigenvalue weighted by molar-refractivity contribution is -0.137. The van der Waals surface area contributed by atoms with Crippen LogP contribution in [0.3, 0.4) is 0 Å². The molecule has 0 N–H and O–H groups in total. The summed E-state index contributed by atoms with van der Waals surface area (Å²) in [6.07, 6.45) is 0.276. The van der Waals surface area contributed by atoms with Crippen LogP contribution in [0.4, 0.5) is 8.78 Å². The maximum atomic E-state index is 13.4. The van der Waals surface area contributed by atoms with Crippen molar-refractivity contribution >= 4 is 5.91 Å². The minimum Gasteiger partial charge on any atom is -0.481 e. The van der Waals surface area contributed by atoms with E-state index in [1.165, 1.54) is 6.07 Å². The zero-order valence-electron chi connectivity index (χ0n) is 15.4. The Morgan fingerprint density at radius 1 is 1.04 bits per heavy atom. The Bertz CT molecular complexity index is 770. The fraction of sp³-hybridized carbons (Fsp3) is 0.381. The molecule has 0 aliphatic carbocycles. The summed E-state index contributed by atoms with van der Waals surface area (Å²) in [6.45, 7) is 5.04. The summed E-state index contributed by atoms with van der Waals surface area (Å²) in [5.74, 6) is -1.02. The van der Waals surface area contributed by atoms with Gasteiger partial charge in [0.25, 0.3) is 5.91 Å². The number of hydrogen-bond acceptors (Lipinski definition) is 3. The standard InChI is InChI=1S/C21H24F2N2O2/c1-16(27-18-6-3-2-4-7-18)21(26)25-11-5-10-24(12-13-25)15-17-8-9-19(22)20(23)14-17/h2-4,6-9,14,16H,5,10-13,15H2,1H3. The summed E-state index contributed by atoms with van der Waals surface area (Å²) < 4.78 is 32.2. The van der Waals surface area contributed by atoms with Crippen molar-refractivity contribution in [3.05, 3.63) is 65.7 Å². The molecule has 0 spiro atoms. The topological polar surface area (TPSA) is 32.8 Å². The molecule has 0 radical (unpaired) electrons. The van der Waals surface area contributed by atoms with Gasteiger partial charge in [0.15, 0.2) is 17.7 Å². The van der Waals surface area contributed by atoms with Crippen LogP contribution in [0.1, 0.15) is 18.9 Å². The Balaban J connectivity index is 1.54. The Hall–Kier alpha value is -2.47. The third-order valence-corrected chi connectivity index (χ3v) is 4.69. The minimum atomic E-state index is -0.834. The quantitative estimate of drug-likeness (QED) is 0.804. The maximum absolute atomic E-state index is 13.4. The fourth-order valence-corrected chi connectivity index (χ4v) is 3.26. The number of carbonyl (C=O) groups is 1. The molecule has 3 rings (SSSR count). The van der Waals surface area contributed by atoms with E-state index in [1.54, 1.807) is 13.0 Å². The van der Waals surface area contributed by atoms with Crippen molar-refractivity contribution in [1.29, 1.82) is 0 Å². The molecule has 1 amide bonds. The smallest absolute Gasteiger partial charge is 0.263 e. The lowest BCUT2D eigenvalue weighted by atomic mass is 10.2. The molecule has 6 heteroatoms. The molecule has 144 valence electrons. The second kappa shape index (κ2) is 8.95. The van der Waals surface area contributed by atoms with Gasteiger partial charge in [-0.2, -0.15) is 0 Å². The highest BCUT2D eigenvalue weighted by Gasteiger charge is 2.24. The first-order chi connectivity index (χ1) is 13.0. The van der Waals surface area contributed by atoms with Gasteiger partial charge in [0, 0.05) is 32.7 Å². The molecule has 1 heterocycles. The average Bonchev–Trinajstić information content (AvgIpc) is 2.90. The molecule has 4 nitrogen and oxygen atoms in total. The van der Waals surface area contributed by atoms with E-state index in [4.69, 9.17) is 4.74 Å². The van der Waals surface area contributed by atoms with Crippen LogP contribution >= 0.6 is 0 Å². The highest BCUT2D eigenvalue weighted by molar-refractivity contribution is 5.81. The second-order valence-electron chi connectivity index (χ2n) is 6.78. The molecular weight excluding hydrogens is 350 g/mol. The summed E-state index contributed by atoms with van der Waals surface area (Å²) in [6, 6.07) is 13.3. The first-order valence-corrected chi connectivity index (χ1v) is 9.19. The highest BCUT2D eigenvalue weighted by atomic mass is 19.2. The molecule has 27 heavy (non-hydrogen) atoms. The van der Waals surface area contributed by atoms with Gasteiger partial charge in [0.1, 0.15) is 5.75 Å². The molecule has 1 atom stereocenters. The molecule has 1 aliphatic rings. The van der Waals surface area contributed by atoms with Gasteiger partial charge in [-0.15, -0.1) is 0 Å². The van der Waals surface area contributed by atoms with Crippen LogP contribution in [0.25, 0.3) is 0 Å². The van der Waals surface area contributed by atoms with Gasteiger partial charge in [-0.05, 0) is 43.2 Å². The summed E-state index contributed by atoms with van der Waals surface area (Å²) in [5.41, 5.74) is 0.731. The normalized spacial score (nSPS) is 16.6. The predicted octanol–water partition coefficient (Wildman–Crippen LogP) is 3.47. The molecule has 2 aromatic rings. The molecular formula is C21H24F2N2O2. The summed E-state index contributed by atoms with van der Waals surface area (Å²) >= 11 is 0. The van der Waals surface area contributed by atoms with Gasteiger partial charge in [-0.3, -0.25) is 9.69 Å². The molecule has 1 aliphatic heterocycles. The van der Waals surface area contributed by atoms with Crippen LogP contribution in [0.5, 0.6) is 5.75 Å². The minimum absolute atomic E-state index is 0.0338. The number of carbonyl (C=O) groups excluding carboxylic acids is 1. The van der Waals surface area contributed by atoms with Crippen LogP contribution < -0.4 is 4.74 Å². The van der Waals surface area contributed by atoms with Crippen molar-refractivity contribution in [3.8, 4) is 5.75 Å². The summed E-state index contributed by atoms with van der Waals surface area (Å²) in [5, 5.41) is 0. The van der Waals surface area contributed by atoms with Crippen molar-refractivity contribution in [2.45, 2.75) is 26.0 Å². The lowest BCUT2D eigenvalue weighted by Gasteiger charge is -2.25. The van der Waals surface area contributed by atoms with E-state index in [9.17, 15) is 13.6 Å². The van der Waals surface area contributed by atoms with Crippen LogP contribution in [-0.4, -0.2) is 48.0 Å². The monoisotopic (exact) mass is 374 g/mol. The lowest BCUT2D eigenvalue weighted by Crippen LogP contribution is -2.42. The van der Waals surface area contributed by atoms with Gasteiger partial charge < -0.3 is 9.64 Å². The van der Waals surface area contributed by atoms with Gasteiger partial charge in [0.05, 0.1) is 0 Å². The molecule has 1 fully saturated rings. The second-order valence-corrected chi connectivity index (χ2v) is 6.78. The maximum Gasteiger partial charge on any atom is 0.263 e. The molecule has 0 aromatic heterocycles. The fourth-order valence-electron chi connectivity index (χ4n) is 3.26. The van der Waals surface area contributed by atoms with E-state index in [2.05, 4.69) is 4.90 Å². The average molecular weight is 374 g/mol. The number of benzene rings is 2. The SMILES string of the molecule is CC(Oc1ccccc1)C(=O)N1CCCN(Cc2ccc(F)c(F)c2)CC1. The van der Waals surface area contributed by atoms with Crippen LogP contribution in [-0.2, 0) is 11.3 Å². The Labute approximate surface area is 158 Å². The van der Waals surface area contributed by atoms with Crippen molar-refractivity contribution in [3.63, 3.8) is 0 Å². The van der Waals surface area contributed by atoms with Gasteiger partial charge in [0.2, 0.25) is 0 Å². The molecule has 0 bridgehead atoms. The van der Waals surface area contributed by atoms with Gasteiger partial charge in [-0.25, -0.2) is 8.78 Å². The summed E-state index contributed by atoms with van der Waals surface area (Å²) in [4.78, 5) is 16.7. The molecule has 1 saturated heterocycles. The Morgan fingerprint density at radius 3 is 2.56 bits per heavy atom. The molecule has 0 saturated carbocycles. The number of amides is 1. The van der Waals surface area contributed by atoms with E-state index in [0.29, 0.717) is 31.9 Å². The highest BCUT2D eigenvalue weighted by Crippen LogP contribution is 2.15. The zero-order valence-corrected chi connectivity index (χ0v) is 15.4. The predicted molar refractivity (Wildman–Crippen MR) is 99.4 cm³/mol. The van der Waals surface area contributed by atoms with Crippen molar-refractivity contribution in [1.82, 2.24) is 9.80 Å². The van der Waals surface area contributed by atoms with E-state index >= 15 is 0 Å². The number of ether oxygens (including phenoxy) is 1. The van der Waals surface area contributed by atoms with E-state index < -0.39 is 17.7 Å². The van der Waals surface area contributed by atoms with Crippen LogP contribution in [0, 0.1) is 11.6 Å². The van der Waals surface area contributed by atoms with E-state index in [1.807, 2.05) is 35.2 Å². The third kappa shape index (κ3) is 5.26. The zero-order chi connectivity index (χ0) is 19.2. The first kappa shape index (κ1) is 19.3. The number of halogens is 2. The van der Waals surface area contributed by atoms with E-state index in [-0.39, 0.29) is 5.91 Å².